The molecule has 2 rings (SSSR count). The van der Waals surface area contributed by atoms with Gasteiger partial charge in [0, 0.05) is 24.6 Å². The lowest BCUT2D eigenvalue weighted by Crippen LogP contribution is -1.99. The van der Waals surface area contributed by atoms with Gasteiger partial charge in [-0.3, -0.25) is 4.98 Å². The minimum absolute atomic E-state index is 0.0862. The number of pyridine rings is 1. The Morgan fingerprint density at radius 3 is 2.50 bits per heavy atom. The number of anilines is 1. The molecule has 0 fully saturated rings. The predicted octanol–water partition coefficient (Wildman–Crippen LogP) is 2.19. The zero-order valence-corrected chi connectivity index (χ0v) is 8.93. The summed E-state index contributed by atoms with van der Waals surface area (Å²) in [6.45, 7) is 0.842. The van der Waals surface area contributed by atoms with Crippen molar-refractivity contribution in [3.63, 3.8) is 0 Å². The fraction of sp³-hybridized carbons (Fsp3) is 0.154. The van der Waals surface area contributed by atoms with Crippen molar-refractivity contribution in [2.45, 2.75) is 13.2 Å². The molecule has 82 valence electrons. The van der Waals surface area contributed by atoms with Crippen molar-refractivity contribution < 1.29 is 5.11 Å². The molecule has 3 heteroatoms. The van der Waals surface area contributed by atoms with Crippen molar-refractivity contribution in [2.24, 2.45) is 0 Å². The third-order valence-corrected chi connectivity index (χ3v) is 2.36. The van der Waals surface area contributed by atoms with E-state index in [4.69, 9.17) is 5.11 Å². The van der Waals surface area contributed by atoms with Gasteiger partial charge in [0.05, 0.1) is 6.61 Å². The van der Waals surface area contributed by atoms with E-state index >= 15 is 0 Å². The largest absolute Gasteiger partial charge is 0.392 e. The SMILES string of the molecule is OCc1ccc(NCc2cccnc2)cc1. The van der Waals surface area contributed by atoms with Gasteiger partial charge in [-0.05, 0) is 29.3 Å². The number of rotatable bonds is 4. The molecular formula is C13H14N2O. The zero-order valence-electron chi connectivity index (χ0n) is 8.93. The second-order valence-electron chi connectivity index (χ2n) is 3.57. The van der Waals surface area contributed by atoms with Crippen LogP contribution in [0, 0.1) is 0 Å². The molecule has 0 bridgehead atoms. The van der Waals surface area contributed by atoms with Gasteiger partial charge in [0.1, 0.15) is 0 Å². The summed E-state index contributed by atoms with van der Waals surface area (Å²) in [6, 6.07) is 11.7. The highest BCUT2D eigenvalue weighted by molar-refractivity contribution is 5.44. The predicted molar refractivity (Wildman–Crippen MR) is 63.9 cm³/mol. The molecule has 2 aromatic rings. The van der Waals surface area contributed by atoms with Crippen molar-refractivity contribution in [1.29, 1.82) is 0 Å². The second-order valence-corrected chi connectivity index (χ2v) is 3.57. The maximum absolute atomic E-state index is 8.91. The van der Waals surface area contributed by atoms with Crippen LogP contribution in [-0.2, 0) is 13.2 Å². The van der Waals surface area contributed by atoms with Crippen LogP contribution >= 0.6 is 0 Å². The highest BCUT2D eigenvalue weighted by Gasteiger charge is 1.94. The first-order chi connectivity index (χ1) is 7.88. The topological polar surface area (TPSA) is 45.1 Å². The van der Waals surface area contributed by atoms with Crippen LogP contribution in [0.3, 0.4) is 0 Å². The summed E-state index contributed by atoms with van der Waals surface area (Å²) in [5.74, 6) is 0. The van der Waals surface area contributed by atoms with E-state index < -0.39 is 0 Å². The summed E-state index contributed by atoms with van der Waals surface area (Å²) in [5, 5.41) is 12.2. The molecule has 0 spiro atoms. The Bertz CT molecular complexity index is 425. The van der Waals surface area contributed by atoms with E-state index in [0.717, 1.165) is 23.4 Å². The van der Waals surface area contributed by atoms with Gasteiger partial charge >= 0.3 is 0 Å². The summed E-state index contributed by atoms with van der Waals surface area (Å²) in [5.41, 5.74) is 3.11. The van der Waals surface area contributed by atoms with Crippen molar-refractivity contribution >= 4 is 5.69 Å². The number of aliphatic hydroxyl groups is 1. The minimum Gasteiger partial charge on any atom is -0.392 e. The average Bonchev–Trinajstić information content (AvgIpc) is 2.38. The molecule has 0 aliphatic rings. The summed E-state index contributed by atoms with van der Waals surface area (Å²) < 4.78 is 0. The maximum atomic E-state index is 8.91. The van der Waals surface area contributed by atoms with Gasteiger partial charge in [-0.1, -0.05) is 18.2 Å². The fourth-order valence-electron chi connectivity index (χ4n) is 1.43. The first-order valence-corrected chi connectivity index (χ1v) is 5.21. The van der Waals surface area contributed by atoms with Crippen LogP contribution in [-0.4, -0.2) is 10.1 Å². The number of aromatic nitrogens is 1. The Hall–Kier alpha value is -1.87. The third-order valence-electron chi connectivity index (χ3n) is 2.36. The van der Waals surface area contributed by atoms with Gasteiger partial charge < -0.3 is 10.4 Å². The molecule has 0 unspecified atom stereocenters. The molecule has 0 aliphatic carbocycles. The van der Waals surface area contributed by atoms with Gasteiger partial charge in [-0.15, -0.1) is 0 Å². The van der Waals surface area contributed by atoms with E-state index in [1.807, 2.05) is 42.6 Å². The maximum Gasteiger partial charge on any atom is 0.0681 e. The fourth-order valence-corrected chi connectivity index (χ4v) is 1.43. The lowest BCUT2D eigenvalue weighted by atomic mass is 10.2. The molecule has 0 radical (unpaired) electrons. The molecule has 0 saturated carbocycles. The molecule has 0 amide bonds. The third kappa shape index (κ3) is 2.81. The molecule has 1 aromatic heterocycles. The molecule has 2 N–H and O–H groups in total. The normalized spacial score (nSPS) is 10.1. The highest BCUT2D eigenvalue weighted by Crippen LogP contribution is 2.10. The molecule has 0 saturated heterocycles. The van der Waals surface area contributed by atoms with E-state index in [1.165, 1.54) is 0 Å². The molecule has 1 heterocycles. The van der Waals surface area contributed by atoms with Crippen molar-refractivity contribution in [1.82, 2.24) is 4.98 Å². The number of hydrogen-bond acceptors (Lipinski definition) is 3. The van der Waals surface area contributed by atoms with Crippen LogP contribution in [0.15, 0.2) is 48.8 Å². The van der Waals surface area contributed by atoms with Gasteiger partial charge in [-0.25, -0.2) is 0 Å². The molecule has 0 aliphatic heterocycles. The molecular weight excluding hydrogens is 200 g/mol. The molecule has 0 atom stereocenters. The van der Waals surface area contributed by atoms with Gasteiger partial charge in [0.25, 0.3) is 0 Å². The highest BCUT2D eigenvalue weighted by atomic mass is 16.3. The molecule has 16 heavy (non-hydrogen) atoms. The van der Waals surface area contributed by atoms with Gasteiger partial charge in [0.15, 0.2) is 0 Å². The lowest BCUT2D eigenvalue weighted by molar-refractivity contribution is 0.282. The van der Waals surface area contributed by atoms with Crippen LogP contribution in [0.2, 0.25) is 0 Å². The van der Waals surface area contributed by atoms with E-state index in [2.05, 4.69) is 10.3 Å². The number of nitrogens with one attached hydrogen (secondary N) is 1. The number of nitrogens with zero attached hydrogens (tertiary/aromatic N) is 1. The Balaban J connectivity index is 1.94. The van der Waals surface area contributed by atoms with Gasteiger partial charge in [0.2, 0.25) is 0 Å². The van der Waals surface area contributed by atoms with Crippen LogP contribution in [0.25, 0.3) is 0 Å². The number of aliphatic hydroxyl groups excluding tert-OH is 1. The Morgan fingerprint density at radius 1 is 1.06 bits per heavy atom. The van der Waals surface area contributed by atoms with E-state index in [-0.39, 0.29) is 6.61 Å². The summed E-state index contributed by atoms with van der Waals surface area (Å²) >= 11 is 0. The summed E-state index contributed by atoms with van der Waals surface area (Å²) in [7, 11) is 0. The zero-order chi connectivity index (χ0) is 11.2. The minimum atomic E-state index is 0.0862. The standard InChI is InChI=1S/C13H14N2O/c16-10-11-3-5-13(6-4-11)15-9-12-2-1-7-14-8-12/h1-8,15-16H,9-10H2. The van der Waals surface area contributed by atoms with Crippen LogP contribution < -0.4 is 5.32 Å². The smallest absolute Gasteiger partial charge is 0.0681 e. The van der Waals surface area contributed by atoms with Crippen LogP contribution in [0.5, 0.6) is 0 Å². The Labute approximate surface area is 94.8 Å². The molecule has 1 aromatic carbocycles. The quantitative estimate of drug-likeness (QED) is 0.820. The first kappa shape index (κ1) is 10.6. The number of benzene rings is 1. The molecule has 3 nitrogen and oxygen atoms in total. The monoisotopic (exact) mass is 214 g/mol. The summed E-state index contributed by atoms with van der Waals surface area (Å²) in [6.07, 6.45) is 3.61. The van der Waals surface area contributed by atoms with Crippen molar-refractivity contribution in [2.75, 3.05) is 5.32 Å². The first-order valence-electron chi connectivity index (χ1n) is 5.21. The average molecular weight is 214 g/mol. The van der Waals surface area contributed by atoms with Gasteiger partial charge in [-0.2, -0.15) is 0 Å². The van der Waals surface area contributed by atoms with E-state index in [1.54, 1.807) is 6.20 Å². The Kier molecular flexibility index (Phi) is 3.51. The van der Waals surface area contributed by atoms with Crippen LogP contribution in [0.1, 0.15) is 11.1 Å². The van der Waals surface area contributed by atoms with Crippen LogP contribution in [0.4, 0.5) is 5.69 Å². The Morgan fingerprint density at radius 2 is 1.88 bits per heavy atom. The van der Waals surface area contributed by atoms with Crippen molar-refractivity contribution in [3.05, 3.63) is 59.9 Å². The van der Waals surface area contributed by atoms with Crippen molar-refractivity contribution in [3.8, 4) is 0 Å². The number of hydrogen-bond donors (Lipinski definition) is 2. The second kappa shape index (κ2) is 5.28. The van der Waals surface area contributed by atoms with E-state index in [0.29, 0.717) is 0 Å². The van der Waals surface area contributed by atoms with E-state index in [9.17, 15) is 0 Å². The summed E-state index contributed by atoms with van der Waals surface area (Å²) in [4.78, 5) is 4.05. The lowest BCUT2D eigenvalue weighted by Gasteiger charge is -2.06.